The molecule has 2 amide bonds. The van der Waals surface area contributed by atoms with E-state index >= 15 is 0 Å². The van der Waals surface area contributed by atoms with E-state index < -0.39 is 0 Å². The van der Waals surface area contributed by atoms with Gasteiger partial charge in [-0.2, -0.15) is 0 Å². The number of nitrogens with zero attached hydrogens (tertiary/aromatic N) is 5. The summed E-state index contributed by atoms with van der Waals surface area (Å²) in [5.41, 5.74) is 3.63. The third kappa shape index (κ3) is 5.34. The molecule has 3 saturated heterocycles. The molecule has 6 rings (SSSR count). The molecule has 208 valence electrons. The molecule has 0 N–H and O–H groups in total. The molecule has 1 aliphatic carbocycles. The Bertz CT molecular complexity index is 1160. The van der Waals surface area contributed by atoms with E-state index in [1.54, 1.807) is 0 Å². The molecular weight excluding hydrogens is 486 g/mol. The van der Waals surface area contributed by atoms with Crippen molar-refractivity contribution < 1.29 is 9.59 Å². The molecule has 1 saturated carbocycles. The lowest BCUT2D eigenvalue weighted by Crippen LogP contribution is -2.39. The van der Waals surface area contributed by atoms with Crippen LogP contribution < -0.4 is 0 Å². The van der Waals surface area contributed by atoms with E-state index in [1.807, 2.05) is 18.7 Å². The van der Waals surface area contributed by atoms with Gasteiger partial charge in [0.2, 0.25) is 5.91 Å². The van der Waals surface area contributed by atoms with Gasteiger partial charge in [-0.1, -0.05) is 43.2 Å². The average Bonchev–Trinajstić information content (AvgIpc) is 3.72. The zero-order valence-corrected chi connectivity index (χ0v) is 23.6. The number of likely N-dealkylation sites (tertiary alicyclic amines) is 3. The molecule has 4 fully saturated rings. The molecule has 39 heavy (non-hydrogen) atoms. The highest BCUT2D eigenvalue weighted by atomic mass is 16.2. The van der Waals surface area contributed by atoms with Crippen molar-refractivity contribution in [2.45, 2.75) is 64.2 Å². The van der Waals surface area contributed by atoms with Crippen LogP contribution >= 0.6 is 0 Å². The topological polar surface area (TPSA) is 69.6 Å². The van der Waals surface area contributed by atoms with Crippen molar-refractivity contribution in [3.63, 3.8) is 0 Å². The van der Waals surface area contributed by atoms with Gasteiger partial charge in [-0.25, -0.2) is 9.97 Å². The molecule has 7 heteroatoms. The number of aromatic nitrogens is 2. The number of benzene rings is 1. The first-order valence-electron chi connectivity index (χ1n) is 15.0. The summed E-state index contributed by atoms with van der Waals surface area (Å²) < 4.78 is 0. The van der Waals surface area contributed by atoms with Crippen LogP contribution in [0.25, 0.3) is 0 Å². The van der Waals surface area contributed by atoms with E-state index in [2.05, 4.69) is 50.1 Å². The van der Waals surface area contributed by atoms with Gasteiger partial charge >= 0.3 is 0 Å². The molecule has 7 nitrogen and oxygen atoms in total. The summed E-state index contributed by atoms with van der Waals surface area (Å²) in [5.74, 6) is 2.11. The Morgan fingerprint density at radius 3 is 2.26 bits per heavy atom. The standard InChI is InChI=1S/C32H43N5O2/c1-23-30(24(2)34-22-33-23)31(39)37-19-26-17-35(18-27(26)20-37)14-12-32(28-10-4-3-5-11-28)13-15-36(21-32)29(38)16-25-8-6-7-9-25/h3-5,10-11,22,25-27H,6-9,12-21H2,1-2H3. The Balaban J connectivity index is 1.07. The SMILES string of the molecule is Cc1ncnc(C)c1C(=O)N1CC2CN(CCC3(c4ccccc4)CCN(C(=O)CC4CCCC4)C3)CC2C1. The number of carbonyl (C=O) groups is 2. The van der Waals surface area contributed by atoms with Crippen LogP contribution in [0.2, 0.25) is 0 Å². The number of fused-ring (bicyclic) bond motifs is 1. The zero-order chi connectivity index (χ0) is 27.0. The molecule has 1 aromatic carbocycles. The fourth-order valence-corrected chi connectivity index (χ4v) is 7.92. The molecule has 4 aliphatic rings. The minimum atomic E-state index is 0.0364. The molecule has 3 unspecified atom stereocenters. The second kappa shape index (κ2) is 11.0. The lowest BCUT2D eigenvalue weighted by molar-refractivity contribution is -0.131. The predicted molar refractivity (Wildman–Crippen MR) is 151 cm³/mol. The van der Waals surface area contributed by atoms with E-state index in [9.17, 15) is 9.59 Å². The van der Waals surface area contributed by atoms with Crippen molar-refractivity contribution in [1.29, 1.82) is 0 Å². The second-order valence-corrected chi connectivity index (χ2v) is 12.7. The molecule has 0 bridgehead atoms. The Hall–Kier alpha value is -2.80. The maximum absolute atomic E-state index is 13.3. The maximum Gasteiger partial charge on any atom is 0.257 e. The minimum absolute atomic E-state index is 0.0364. The van der Waals surface area contributed by atoms with Crippen LogP contribution in [0, 0.1) is 31.6 Å². The van der Waals surface area contributed by atoms with Crippen molar-refractivity contribution in [3.8, 4) is 0 Å². The number of hydrogen-bond donors (Lipinski definition) is 0. The molecule has 3 aliphatic heterocycles. The summed E-state index contributed by atoms with van der Waals surface area (Å²) in [4.78, 5) is 41.9. The number of hydrogen-bond acceptors (Lipinski definition) is 5. The molecule has 3 atom stereocenters. The summed E-state index contributed by atoms with van der Waals surface area (Å²) in [5, 5.41) is 0. The number of amides is 2. The zero-order valence-electron chi connectivity index (χ0n) is 23.6. The third-order valence-corrected chi connectivity index (χ3v) is 10.2. The van der Waals surface area contributed by atoms with E-state index in [4.69, 9.17) is 0 Å². The predicted octanol–water partition coefficient (Wildman–Crippen LogP) is 4.24. The quantitative estimate of drug-likeness (QED) is 0.537. The summed E-state index contributed by atoms with van der Waals surface area (Å²) in [6.45, 7) is 10.3. The van der Waals surface area contributed by atoms with Gasteiger partial charge in [0.1, 0.15) is 6.33 Å². The minimum Gasteiger partial charge on any atom is -0.342 e. The van der Waals surface area contributed by atoms with E-state index in [1.165, 1.54) is 37.6 Å². The molecule has 0 spiro atoms. The van der Waals surface area contributed by atoms with Crippen LogP contribution in [-0.4, -0.2) is 82.3 Å². The third-order valence-electron chi connectivity index (χ3n) is 10.2. The van der Waals surface area contributed by atoms with Crippen molar-refractivity contribution in [2.24, 2.45) is 17.8 Å². The van der Waals surface area contributed by atoms with E-state index in [0.29, 0.717) is 29.2 Å². The highest BCUT2D eigenvalue weighted by Gasteiger charge is 2.45. The Morgan fingerprint density at radius 1 is 0.923 bits per heavy atom. The van der Waals surface area contributed by atoms with Gasteiger partial charge in [0.05, 0.1) is 17.0 Å². The maximum atomic E-state index is 13.3. The Labute approximate surface area is 233 Å². The summed E-state index contributed by atoms with van der Waals surface area (Å²) >= 11 is 0. The lowest BCUT2D eigenvalue weighted by Gasteiger charge is -2.32. The summed E-state index contributed by atoms with van der Waals surface area (Å²) in [7, 11) is 0. The van der Waals surface area contributed by atoms with Crippen molar-refractivity contribution >= 4 is 11.8 Å². The van der Waals surface area contributed by atoms with Crippen LogP contribution in [0.1, 0.15) is 72.3 Å². The molecule has 4 heterocycles. The molecule has 2 aromatic rings. The highest BCUT2D eigenvalue weighted by molar-refractivity contribution is 5.96. The van der Waals surface area contributed by atoms with Gasteiger partial charge in [0, 0.05) is 51.1 Å². The molecule has 0 radical (unpaired) electrons. The van der Waals surface area contributed by atoms with Crippen LogP contribution in [0.5, 0.6) is 0 Å². The fraction of sp³-hybridized carbons (Fsp3) is 0.625. The lowest BCUT2D eigenvalue weighted by atomic mass is 9.76. The van der Waals surface area contributed by atoms with Gasteiger partial charge in [0.25, 0.3) is 5.91 Å². The molecular formula is C32H43N5O2. The Morgan fingerprint density at radius 2 is 1.59 bits per heavy atom. The van der Waals surface area contributed by atoms with Crippen LogP contribution in [0.15, 0.2) is 36.7 Å². The fourth-order valence-electron chi connectivity index (χ4n) is 7.92. The van der Waals surface area contributed by atoms with Crippen molar-refractivity contribution in [1.82, 2.24) is 24.7 Å². The first-order valence-corrected chi connectivity index (χ1v) is 15.0. The number of carbonyl (C=O) groups excluding carboxylic acids is 2. The summed E-state index contributed by atoms with van der Waals surface area (Å²) in [6.07, 6.45) is 9.43. The first kappa shape index (κ1) is 26.4. The monoisotopic (exact) mass is 529 g/mol. The van der Waals surface area contributed by atoms with Crippen LogP contribution in [0.4, 0.5) is 0 Å². The highest BCUT2D eigenvalue weighted by Crippen LogP contribution is 2.40. The number of rotatable bonds is 7. The summed E-state index contributed by atoms with van der Waals surface area (Å²) in [6, 6.07) is 10.9. The normalized spacial score (nSPS) is 27.4. The van der Waals surface area contributed by atoms with Crippen LogP contribution in [-0.2, 0) is 10.2 Å². The van der Waals surface area contributed by atoms with Gasteiger partial charge < -0.3 is 14.7 Å². The van der Waals surface area contributed by atoms with Gasteiger partial charge in [-0.3, -0.25) is 9.59 Å². The number of aryl methyl sites for hydroxylation is 2. The van der Waals surface area contributed by atoms with Gasteiger partial charge in [-0.15, -0.1) is 0 Å². The van der Waals surface area contributed by atoms with Gasteiger partial charge in [0.15, 0.2) is 0 Å². The Kier molecular flexibility index (Phi) is 7.45. The van der Waals surface area contributed by atoms with Gasteiger partial charge in [-0.05, 0) is 69.4 Å². The van der Waals surface area contributed by atoms with E-state index in [0.717, 1.165) is 76.5 Å². The smallest absolute Gasteiger partial charge is 0.257 e. The largest absolute Gasteiger partial charge is 0.342 e. The average molecular weight is 530 g/mol. The van der Waals surface area contributed by atoms with E-state index in [-0.39, 0.29) is 11.3 Å². The second-order valence-electron chi connectivity index (χ2n) is 12.7. The van der Waals surface area contributed by atoms with Crippen LogP contribution in [0.3, 0.4) is 0 Å². The van der Waals surface area contributed by atoms with Crippen molar-refractivity contribution in [2.75, 3.05) is 45.8 Å². The van der Waals surface area contributed by atoms with Crippen molar-refractivity contribution in [3.05, 3.63) is 59.2 Å². The first-order chi connectivity index (χ1) is 18.9. The molecule has 1 aromatic heterocycles.